The van der Waals surface area contributed by atoms with Gasteiger partial charge in [-0.2, -0.15) is 0 Å². The van der Waals surface area contributed by atoms with Crippen LogP contribution in [-0.2, 0) is 6.42 Å². The minimum Gasteiger partial charge on any atom is -0.457 e. The number of benzene rings is 2. The molecular weight excluding hydrogens is 316 g/mol. The number of halogens is 3. The quantitative estimate of drug-likeness (QED) is 0.920. The number of ether oxygens (including phenoxy) is 1. The van der Waals surface area contributed by atoms with Gasteiger partial charge in [-0.15, -0.1) is 0 Å². The van der Waals surface area contributed by atoms with E-state index < -0.39 is 0 Å². The van der Waals surface area contributed by atoms with Gasteiger partial charge in [0.05, 0.1) is 4.47 Å². The van der Waals surface area contributed by atoms with Crippen molar-refractivity contribution < 1.29 is 13.5 Å². The van der Waals surface area contributed by atoms with Gasteiger partial charge in [-0.1, -0.05) is 6.07 Å². The Kier molecular flexibility index (Phi) is 4.50. The van der Waals surface area contributed by atoms with Gasteiger partial charge in [0.1, 0.15) is 23.1 Å². The second-order valence-corrected chi connectivity index (χ2v) is 4.79. The Hall–Kier alpha value is -1.46. The summed E-state index contributed by atoms with van der Waals surface area (Å²) < 4.78 is 32.7. The Balaban J connectivity index is 2.32. The maximum absolute atomic E-state index is 13.7. The fraction of sp³-hybridized carbons (Fsp3) is 0.143. The van der Waals surface area contributed by atoms with Crippen molar-refractivity contribution in [3.63, 3.8) is 0 Å². The first-order chi connectivity index (χ1) is 9.11. The lowest BCUT2D eigenvalue weighted by Crippen LogP contribution is -2.06. The molecule has 0 saturated heterocycles. The maximum Gasteiger partial charge on any atom is 0.137 e. The van der Waals surface area contributed by atoms with E-state index in [0.29, 0.717) is 34.5 Å². The van der Waals surface area contributed by atoms with Gasteiger partial charge in [-0.05, 0) is 59.2 Å². The summed E-state index contributed by atoms with van der Waals surface area (Å²) in [7, 11) is 0. The molecule has 0 heterocycles. The molecule has 0 radical (unpaired) electrons. The molecule has 0 saturated carbocycles. The minimum absolute atomic E-state index is 0.293. The summed E-state index contributed by atoms with van der Waals surface area (Å²) >= 11 is 3.07. The topological polar surface area (TPSA) is 35.2 Å². The highest BCUT2D eigenvalue weighted by molar-refractivity contribution is 9.10. The predicted octanol–water partition coefficient (Wildman–Crippen LogP) is 4.02. The van der Waals surface area contributed by atoms with Crippen LogP contribution in [0.4, 0.5) is 8.78 Å². The van der Waals surface area contributed by atoms with E-state index in [4.69, 9.17) is 10.5 Å². The predicted molar refractivity (Wildman–Crippen MR) is 73.3 cm³/mol. The number of nitrogens with two attached hydrogens (primary N) is 1. The normalized spacial score (nSPS) is 10.5. The summed E-state index contributed by atoms with van der Waals surface area (Å²) in [5.41, 5.74) is 5.88. The Morgan fingerprint density at radius 2 is 1.89 bits per heavy atom. The third-order valence-electron chi connectivity index (χ3n) is 2.59. The molecule has 5 heteroatoms. The highest BCUT2D eigenvalue weighted by Crippen LogP contribution is 2.30. The van der Waals surface area contributed by atoms with Gasteiger partial charge in [0, 0.05) is 5.56 Å². The number of rotatable bonds is 4. The molecule has 2 aromatic carbocycles. The Morgan fingerprint density at radius 3 is 2.58 bits per heavy atom. The third kappa shape index (κ3) is 3.30. The molecule has 0 spiro atoms. The summed E-state index contributed by atoms with van der Waals surface area (Å²) in [6.07, 6.45) is 0.379. The van der Waals surface area contributed by atoms with E-state index in [1.165, 1.54) is 24.3 Å². The largest absolute Gasteiger partial charge is 0.457 e. The standard InChI is InChI=1S/C14H12BrF2NO/c15-11-8-9(4-5-13(11)17)19-14-3-1-2-12(16)10(14)6-7-18/h1-5,8H,6-7,18H2. The van der Waals surface area contributed by atoms with Crippen molar-refractivity contribution in [1.29, 1.82) is 0 Å². The Labute approximate surface area is 118 Å². The van der Waals surface area contributed by atoms with E-state index in [9.17, 15) is 8.78 Å². The molecule has 0 bridgehead atoms. The molecule has 0 aliphatic rings. The van der Waals surface area contributed by atoms with Crippen LogP contribution in [0.15, 0.2) is 40.9 Å². The summed E-state index contributed by atoms with van der Waals surface area (Å²) in [6.45, 7) is 0.324. The van der Waals surface area contributed by atoms with Crippen LogP contribution >= 0.6 is 15.9 Å². The first-order valence-electron chi connectivity index (χ1n) is 5.72. The molecule has 2 aromatic rings. The van der Waals surface area contributed by atoms with Crippen molar-refractivity contribution in [3.8, 4) is 11.5 Å². The van der Waals surface area contributed by atoms with E-state index in [2.05, 4.69) is 15.9 Å². The van der Waals surface area contributed by atoms with Crippen molar-refractivity contribution >= 4 is 15.9 Å². The van der Waals surface area contributed by atoms with E-state index in [1.54, 1.807) is 12.1 Å². The third-order valence-corrected chi connectivity index (χ3v) is 3.20. The van der Waals surface area contributed by atoms with Crippen LogP contribution in [0.5, 0.6) is 11.5 Å². The van der Waals surface area contributed by atoms with Gasteiger partial charge < -0.3 is 10.5 Å². The molecule has 0 aliphatic carbocycles. The monoisotopic (exact) mass is 327 g/mol. The summed E-state index contributed by atoms with van der Waals surface area (Å²) in [5.74, 6) is 0.0824. The van der Waals surface area contributed by atoms with Crippen molar-refractivity contribution in [2.75, 3.05) is 6.54 Å². The molecule has 100 valence electrons. The highest BCUT2D eigenvalue weighted by atomic mass is 79.9. The van der Waals surface area contributed by atoms with Crippen LogP contribution in [0.3, 0.4) is 0 Å². The zero-order valence-corrected chi connectivity index (χ0v) is 11.6. The van der Waals surface area contributed by atoms with E-state index >= 15 is 0 Å². The van der Waals surface area contributed by atoms with Crippen molar-refractivity contribution in [2.24, 2.45) is 5.73 Å². The molecule has 0 amide bonds. The van der Waals surface area contributed by atoms with Gasteiger partial charge in [-0.25, -0.2) is 8.78 Å². The van der Waals surface area contributed by atoms with Crippen LogP contribution in [0.25, 0.3) is 0 Å². The van der Waals surface area contributed by atoms with Crippen LogP contribution in [0, 0.1) is 11.6 Å². The molecule has 2 rings (SSSR count). The average Bonchev–Trinajstić information content (AvgIpc) is 2.38. The van der Waals surface area contributed by atoms with Crippen molar-refractivity contribution in [2.45, 2.75) is 6.42 Å². The van der Waals surface area contributed by atoms with E-state index in [1.807, 2.05) is 0 Å². The van der Waals surface area contributed by atoms with E-state index in [-0.39, 0.29) is 11.6 Å². The van der Waals surface area contributed by atoms with Gasteiger partial charge in [0.2, 0.25) is 0 Å². The summed E-state index contributed by atoms with van der Waals surface area (Å²) in [4.78, 5) is 0. The van der Waals surface area contributed by atoms with E-state index in [0.717, 1.165) is 0 Å². The first-order valence-corrected chi connectivity index (χ1v) is 6.51. The molecule has 0 aromatic heterocycles. The molecule has 0 atom stereocenters. The summed E-state index contributed by atoms with van der Waals surface area (Å²) in [5, 5.41) is 0. The minimum atomic E-state index is -0.381. The van der Waals surface area contributed by atoms with Crippen LogP contribution in [-0.4, -0.2) is 6.54 Å². The van der Waals surface area contributed by atoms with Gasteiger partial charge >= 0.3 is 0 Å². The Morgan fingerprint density at radius 1 is 1.11 bits per heavy atom. The van der Waals surface area contributed by atoms with Gasteiger partial charge in [-0.3, -0.25) is 0 Å². The molecule has 0 unspecified atom stereocenters. The van der Waals surface area contributed by atoms with Crippen LogP contribution < -0.4 is 10.5 Å². The summed E-state index contributed by atoms with van der Waals surface area (Å²) in [6, 6.07) is 8.83. The zero-order valence-electron chi connectivity index (χ0n) is 10.00. The molecule has 2 nitrogen and oxygen atoms in total. The SMILES string of the molecule is NCCc1c(F)cccc1Oc1ccc(F)c(Br)c1. The molecule has 2 N–H and O–H groups in total. The van der Waals surface area contributed by atoms with Gasteiger partial charge in [0.15, 0.2) is 0 Å². The van der Waals surface area contributed by atoms with Gasteiger partial charge in [0.25, 0.3) is 0 Å². The second kappa shape index (κ2) is 6.12. The second-order valence-electron chi connectivity index (χ2n) is 3.93. The van der Waals surface area contributed by atoms with Crippen LogP contribution in [0.2, 0.25) is 0 Å². The highest BCUT2D eigenvalue weighted by Gasteiger charge is 2.10. The molecule has 0 aliphatic heterocycles. The lowest BCUT2D eigenvalue weighted by molar-refractivity contribution is 0.465. The molecular formula is C14H12BrF2NO. The zero-order chi connectivity index (χ0) is 13.8. The first kappa shape index (κ1) is 14.0. The fourth-order valence-electron chi connectivity index (χ4n) is 1.69. The fourth-order valence-corrected chi connectivity index (χ4v) is 2.05. The number of hydrogen-bond donors (Lipinski definition) is 1. The lowest BCUT2D eigenvalue weighted by atomic mass is 10.1. The molecule has 0 fully saturated rings. The molecule has 19 heavy (non-hydrogen) atoms. The van der Waals surface area contributed by atoms with Crippen LogP contribution in [0.1, 0.15) is 5.56 Å². The number of hydrogen-bond acceptors (Lipinski definition) is 2. The van der Waals surface area contributed by atoms with Crippen molar-refractivity contribution in [3.05, 3.63) is 58.1 Å². The smallest absolute Gasteiger partial charge is 0.137 e. The lowest BCUT2D eigenvalue weighted by Gasteiger charge is -2.11. The van der Waals surface area contributed by atoms with Crippen molar-refractivity contribution in [1.82, 2.24) is 0 Å². The Bertz CT molecular complexity index is 590. The maximum atomic E-state index is 13.7. The average molecular weight is 328 g/mol.